The van der Waals surface area contributed by atoms with E-state index in [4.69, 9.17) is 13.7 Å². The van der Waals surface area contributed by atoms with E-state index in [1.165, 1.54) is 16.3 Å². The molecule has 3 rings (SSSR count). The molecule has 2 aromatic carbocycles. The highest BCUT2D eigenvalue weighted by molar-refractivity contribution is 6.74. The summed E-state index contributed by atoms with van der Waals surface area (Å²) in [5, 5.41) is 2.76. The lowest BCUT2D eigenvalue weighted by atomic mass is 9.74. The number of fused-ring (bicyclic) bond motifs is 1. The molecule has 0 saturated carbocycles. The van der Waals surface area contributed by atoms with Gasteiger partial charge in [-0.05, 0) is 80.5 Å². The summed E-state index contributed by atoms with van der Waals surface area (Å²) in [4.78, 5) is 0. The first-order chi connectivity index (χ1) is 13.8. The van der Waals surface area contributed by atoms with Crippen LogP contribution in [0.3, 0.4) is 0 Å². The third kappa shape index (κ3) is 4.55. The maximum atomic E-state index is 6.40. The number of hydrogen-bond donors (Lipinski definition) is 0. The van der Waals surface area contributed by atoms with Crippen molar-refractivity contribution in [3.63, 3.8) is 0 Å². The van der Waals surface area contributed by atoms with Crippen LogP contribution in [0.15, 0.2) is 36.4 Å². The zero-order valence-corrected chi connectivity index (χ0v) is 21.4. The van der Waals surface area contributed by atoms with Gasteiger partial charge in [0.1, 0.15) is 0 Å². The Morgan fingerprint density at radius 2 is 1.50 bits per heavy atom. The number of aryl methyl sites for hydroxylation is 1. The van der Waals surface area contributed by atoms with Gasteiger partial charge in [0.2, 0.25) is 0 Å². The highest BCUT2D eigenvalue weighted by atomic mass is 28.4. The van der Waals surface area contributed by atoms with Crippen LogP contribution in [0.2, 0.25) is 18.1 Å². The zero-order chi connectivity index (χ0) is 22.4. The van der Waals surface area contributed by atoms with Crippen LogP contribution in [-0.4, -0.2) is 33.2 Å². The van der Waals surface area contributed by atoms with Crippen molar-refractivity contribution in [3.8, 4) is 0 Å². The average molecular weight is 426 g/mol. The largest absolute Gasteiger partial charge is 0.495 e. The van der Waals surface area contributed by atoms with Crippen molar-refractivity contribution in [1.82, 2.24) is 0 Å². The van der Waals surface area contributed by atoms with Gasteiger partial charge in [-0.1, -0.05) is 57.2 Å². The van der Waals surface area contributed by atoms with Crippen LogP contribution < -0.4 is 5.46 Å². The van der Waals surface area contributed by atoms with Crippen molar-refractivity contribution in [2.24, 2.45) is 0 Å². The molecule has 30 heavy (non-hydrogen) atoms. The Bertz CT molecular complexity index is 878. The molecular formula is C25H39BO3Si. The molecule has 0 aromatic heterocycles. The molecule has 164 valence electrons. The fourth-order valence-electron chi connectivity index (χ4n) is 3.63. The van der Waals surface area contributed by atoms with E-state index in [-0.39, 0.29) is 23.4 Å². The average Bonchev–Trinajstić information content (AvgIpc) is 2.84. The number of hydrogen-bond acceptors (Lipinski definition) is 3. The van der Waals surface area contributed by atoms with E-state index in [0.29, 0.717) is 0 Å². The van der Waals surface area contributed by atoms with Crippen molar-refractivity contribution >= 4 is 31.7 Å². The Balaban J connectivity index is 1.82. The SMILES string of the molecule is CC1(C)OB(c2cccc3cccc(CCCO[Si](C)(C)C(C)(C)C)c23)OC1(C)C. The molecule has 1 saturated heterocycles. The van der Waals surface area contributed by atoms with Gasteiger partial charge in [0, 0.05) is 6.61 Å². The van der Waals surface area contributed by atoms with E-state index in [2.05, 4.69) is 98.0 Å². The van der Waals surface area contributed by atoms with Gasteiger partial charge in [0.25, 0.3) is 0 Å². The Morgan fingerprint density at radius 3 is 2.07 bits per heavy atom. The van der Waals surface area contributed by atoms with E-state index >= 15 is 0 Å². The molecular weight excluding hydrogens is 387 g/mol. The van der Waals surface area contributed by atoms with Crippen LogP contribution in [0.4, 0.5) is 0 Å². The Labute approximate surface area is 184 Å². The van der Waals surface area contributed by atoms with E-state index in [0.717, 1.165) is 24.9 Å². The van der Waals surface area contributed by atoms with Crippen LogP contribution in [0.5, 0.6) is 0 Å². The van der Waals surface area contributed by atoms with Gasteiger partial charge in [0.15, 0.2) is 8.32 Å². The smallest absolute Gasteiger partial charge is 0.417 e. The van der Waals surface area contributed by atoms with E-state index in [1.807, 2.05) is 0 Å². The number of benzene rings is 2. The third-order valence-electron chi connectivity index (χ3n) is 7.39. The molecule has 0 amide bonds. The molecule has 0 N–H and O–H groups in total. The van der Waals surface area contributed by atoms with Gasteiger partial charge >= 0.3 is 7.12 Å². The Morgan fingerprint density at radius 1 is 0.933 bits per heavy atom. The quantitative estimate of drug-likeness (QED) is 0.413. The van der Waals surface area contributed by atoms with Crippen LogP contribution in [-0.2, 0) is 20.2 Å². The minimum absolute atomic E-state index is 0.246. The fraction of sp³-hybridized carbons (Fsp3) is 0.600. The predicted molar refractivity (Wildman–Crippen MR) is 131 cm³/mol. The summed E-state index contributed by atoms with van der Waals surface area (Å²) in [6.45, 7) is 20.8. The van der Waals surface area contributed by atoms with Crippen molar-refractivity contribution in [3.05, 3.63) is 42.0 Å². The summed E-state index contributed by atoms with van der Waals surface area (Å²) in [5.41, 5.74) is 1.79. The van der Waals surface area contributed by atoms with Gasteiger partial charge < -0.3 is 13.7 Å². The first kappa shape index (κ1) is 23.5. The van der Waals surface area contributed by atoms with Gasteiger partial charge in [-0.3, -0.25) is 0 Å². The molecule has 1 heterocycles. The normalized spacial score (nSPS) is 18.9. The van der Waals surface area contributed by atoms with Crippen LogP contribution in [0.1, 0.15) is 60.5 Å². The van der Waals surface area contributed by atoms with Crippen LogP contribution >= 0.6 is 0 Å². The fourth-order valence-corrected chi connectivity index (χ4v) is 4.72. The van der Waals surface area contributed by atoms with Gasteiger partial charge in [-0.15, -0.1) is 0 Å². The van der Waals surface area contributed by atoms with Crippen molar-refractivity contribution < 1.29 is 13.7 Å². The molecule has 0 bridgehead atoms. The van der Waals surface area contributed by atoms with Crippen molar-refractivity contribution in [1.29, 1.82) is 0 Å². The molecule has 1 aliphatic heterocycles. The lowest BCUT2D eigenvalue weighted by Crippen LogP contribution is -2.41. The summed E-state index contributed by atoms with van der Waals surface area (Å²) >= 11 is 0. The summed E-state index contributed by atoms with van der Waals surface area (Å²) in [7, 11) is -2.05. The topological polar surface area (TPSA) is 27.7 Å². The zero-order valence-electron chi connectivity index (χ0n) is 20.4. The first-order valence-corrected chi connectivity index (χ1v) is 14.2. The molecule has 0 radical (unpaired) electrons. The molecule has 1 fully saturated rings. The molecule has 0 unspecified atom stereocenters. The van der Waals surface area contributed by atoms with Crippen molar-refractivity contribution in [2.45, 2.75) is 90.6 Å². The van der Waals surface area contributed by atoms with Gasteiger partial charge in [-0.25, -0.2) is 0 Å². The summed E-state index contributed by atoms with van der Waals surface area (Å²) in [6.07, 6.45) is 2.01. The van der Waals surface area contributed by atoms with Gasteiger partial charge in [0.05, 0.1) is 11.2 Å². The molecule has 1 aliphatic rings. The minimum atomic E-state index is -1.70. The lowest BCUT2D eigenvalue weighted by molar-refractivity contribution is 0.00578. The Hall–Kier alpha value is -1.14. The summed E-state index contributed by atoms with van der Waals surface area (Å²) in [6, 6.07) is 13.0. The maximum Gasteiger partial charge on any atom is 0.495 e. The summed E-state index contributed by atoms with van der Waals surface area (Å²) < 4.78 is 19.2. The highest BCUT2D eigenvalue weighted by Gasteiger charge is 2.52. The molecule has 0 atom stereocenters. The van der Waals surface area contributed by atoms with Crippen LogP contribution in [0.25, 0.3) is 10.8 Å². The van der Waals surface area contributed by atoms with E-state index < -0.39 is 8.32 Å². The molecule has 0 aliphatic carbocycles. The van der Waals surface area contributed by atoms with E-state index in [9.17, 15) is 0 Å². The maximum absolute atomic E-state index is 6.40. The predicted octanol–water partition coefficient (Wildman–Crippen LogP) is 6.09. The second-order valence-corrected chi connectivity index (χ2v) is 16.0. The monoisotopic (exact) mass is 426 g/mol. The van der Waals surface area contributed by atoms with Crippen LogP contribution in [0, 0.1) is 0 Å². The number of rotatable bonds is 6. The third-order valence-corrected chi connectivity index (χ3v) is 11.9. The van der Waals surface area contributed by atoms with Crippen molar-refractivity contribution in [2.75, 3.05) is 6.61 Å². The lowest BCUT2D eigenvalue weighted by Gasteiger charge is -2.36. The standard InChI is InChI=1S/C25H39BO3Si/c1-23(2,3)30(8,9)27-18-12-16-20-14-10-13-19-15-11-17-21(22(19)20)26-28-24(4,5)25(6,7)29-26/h10-11,13-15,17H,12,16,18H2,1-9H3. The minimum Gasteiger partial charge on any atom is -0.417 e. The second kappa shape index (κ2) is 8.09. The molecule has 5 heteroatoms. The van der Waals surface area contributed by atoms with Gasteiger partial charge in [-0.2, -0.15) is 0 Å². The second-order valence-electron chi connectivity index (χ2n) is 11.2. The molecule has 2 aromatic rings. The summed E-state index contributed by atoms with van der Waals surface area (Å²) in [5.74, 6) is 0. The molecule has 0 spiro atoms. The molecule has 3 nitrogen and oxygen atoms in total. The Kier molecular flexibility index (Phi) is 6.34. The highest BCUT2D eigenvalue weighted by Crippen LogP contribution is 2.38. The van der Waals surface area contributed by atoms with E-state index in [1.54, 1.807) is 0 Å². The first-order valence-electron chi connectivity index (χ1n) is 11.3.